The van der Waals surface area contributed by atoms with Gasteiger partial charge in [-0.15, -0.1) is 17.9 Å². The minimum Gasteiger partial charge on any atom is -0.468 e. The monoisotopic (exact) mass is 427 g/mol. The van der Waals surface area contributed by atoms with Crippen molar-refractivity contribution in [1.29, 1.82) is 0 Å². The van der Waals surface area contributed by atoms with Crippen LogP contribution < -0.4 is 5.56 Å². The maximum Gasteiger partial charge on any atom is 0.259 e. The first kappa shape index (κ1) is 21.0. The molecule has 4 rings (SSSR count). The lowest BCUT2D eigenvalue weighted by molar-refractivity contribution is 0.0931. The zero-order valence-corrected chi connectivity index (χ0v) is 18.2. The Balaban J connectivity index is 1.58. The van der Waals surface area contributed by atoms with Crippen LogP contribution in [-0.2, 0) is 25.9 Å². The molecule has 7 heteroatoms. The number of hydrogen-bond acceptors (Lipinski definition) is 6. The van der Waals surface area contributed by atoms with Crippen molar-refractivity contribution in [3.8, 4) is 0 Å². The third-order valence-electron chi connectivity index (χ3n) is 5.72. The average Bonchev–Trinajstić information content (AvgIpc) is 3.33. The molecule has 0 aromatic carbocycles. The number of aliphatic hydroxyl groups is 1. The van der Waals surface area contributed by atoms with Crippen molar-refractivity contribution in [2.24, 2.45) is 5.92 Å². The van der Waals surface area contributed by atoms with Crippen LogP contribution in [0.1, 0.15) is 48.2 Å². The van der Waals surface area contributed by atoms with Crippen molar-refractivity contribution in [1.82, 2.24) is 14.9 Å². The molecule has 0 amide bonds. The van der Waals surface area contributed by atoms with E-state index in [1.165, 1.54) is 10.4 Å². The van der Waals surface area contributed by atoms with Crippen molar-refractivity contribution >= 4 is 21.6 Å². The molecule has 30 heavy (non-hydrogen) atoms. The number of thiophene rings is 1. The average molecular weight is 428 g/mol. The number of hydrogen-bond donors (Lipinski definition) is 2. The molecule has 1 aliphatic carbocycles. The normalized spacial score (nSPS) is 17.4. The van der Waals surface area contributed by atoms with Crippen LogP contribution in [-0.4, -0.2) is 32.6 Å². The van der Waals surface area contributed by atoms with Gasteiger partial charge < -0.3 is 14.5 Å². The molecule has 0 aliphatic heterocycles. The molecule has 2 N–H and O–H groups in total. The quantitative estimate of drug-likeness (QED) is 0.504. The van der Waals surface area contributed by atoms with Crippen molar-refractivity contribution in [3.05, 3.63) is 63.4 Å². The van der Waals surface area contributed by atoms with Crippen LogP contribution in [0.25, 0.3) is 10.2 Å². The number of aliphatic hydroxyl groups excluding tert-OH is 1. The van der Waals surface area contributed by atoms with E-state index < -0.39 is 6.10 Å². The Hall–Kier alpha value is -2.22. The number of nitrogens with zero attached hydrogens (tertiary/aromatic N) is 2. The zero-order valence-electron chi connectivity index (χ0n) is 17.4. The molecule has 3 heterocycles. The van der Waals surface area contributed by atoms with Crippen molar-refractivity contribution in [3.63, 3.8) is 0 Å². The number of fused-ring (bicyclic) bond motifs is 3. The maximum absolute atomic E-state index is 12.9. The summed E-state index contributed by atoms with van der Waals surface area (Å²) in [6.45, 7) is 7.43. The summed E-state index contributed by atoms with van der Waals surface area (Å²) in [5, 5.41) is 11.2. The number of aryl methyl sites for hydroxylation is 1. The summed E-state index contributed by atoms with van der Waals surface area (Å²) >= 11 is 1.66. The first-order valence-electron chi connectivity index (χ1n) is 10.6. The Morgan fingerprint density at radius 3 is 3.13 bits per heavy atom. The summed E-state index contributed by atoms with van der Waals surface area (Å²) in [7, 11) is 0. The predicted molar refractivity (Wildman–Crippen MR) is 120 cm³/mol. The van der Waals surface area contributed by atoms with Crippen LogP contribution in [0.2, 0.25) is 0 Å². The Bertz CT molecular complexity index is 1050. The molecule has 2 atom stereocenters. The first-order chi connectivity index (χ1) is 14.5. The number of nitrogens with one attached hydrogen (secondary N) is 1. The molecule has 0 fully saturated rings. The van der Waals surface area contributed by atoms with Gasteiger partial charge in [0.05, 0.1) is 30.8 Å². The maximum atomic E-state index is 12.9. The Morgan fingerprint density at radius 2 is 2.37 bits per heavy atom. The predicted octanol–water partition coefficient (Wildman–Crippen LogP) is 4.03. The highest BCUT2D eigenvalue weighted by atomic mass is 32.1. The second-order valence-electron chi connectivity index (χ2n) is 8.31. The van der Waals surface area contributed by atoms with Crippen LogP contribution in [0.3, 0.4) is 0 Å². The van der Waals surface area contributed by atoms with Crippen molar-refractivity contribution in [2.75, 3.05) is 6.54 Å². The van der Waals surface area contributed by atoms with Crippen LogP contribution in [0.4, 0.5) is 0 Å². The van der Waals surface area contributed by atoms with Gasteiger partial charge in [0.1, 0.15) is 16.4 Å². The summed E-state index contributed by atoms with van der Waals surface area (Å²) in [6.07, 6.45) is 7.50. The molecular formula is C23H29N3O3S. The molecule has 0 bridgehead atoms. The second kappa shape index (κ2) is 9.29. The lowest BCUT2D eigenvalue weighted by atomic mass is 9.89. The highest BCUT2D eigenvalue weighted by molar-refractivity contribution is 7.18. The molecule has 2 unspecified atom stereocenters. The lowest BCUT2D eigenvalue weighted by Gasteiger charge is -2.23. The molecule has 6 nitrogen and oxygen atoms in total. The van der Waals surface area contributed by atoms with Gasteiger partial charge in [-0.05, 0) is 55.7 Å². The molecule has 0 radical (unpaired) electrons. The summed E-state index contributed by atoms with van der Waals surface area (Å²) in [6, 6.07) is 3.77. The highest BCUT2D eigenvalue weighted by Crippen LogP contribution is 2.35. The summed E-state index contributed by atoms with van der Waals surface area (Å²) in [5.74, 6) is 2.10. The van der Waals surface area contributed by atoms with E-state index in [-0.39, 0.29) is 5.56 Å². The van der Waals surface area contributed by atoms with Gasteiger partial charge in [-0.3, -0.25) is 9.69 Å². The lowest BCUT2D eigenvalue weighted by Crippen LogP contribution is -2.33. The molecule has 3 aromatic heterocycles. The Morgan fingerprint density at radius 1 is 1.50 bits per heavy atom. The molecule has 0 saturated heterocycles. The van der Waals surface area contributed by atoms with Gasteiger partial charge in [-0.2, -0.15) is 0 Å². The fourth-order valence-electron chi connectivity index (χ4n) is 4.19. The number of rotatable bonds is 9. The number of furan rings is 1. The largest absolute Gasteiger partial charge is 0.468 e. The summed E-state index contributed by atoms with van der Waals surface area (Å²) < 4.78 is 5.49. The van der Waals surface area contributed by atoms with Gasteiger partial charge in [0.15, 0.2) is 0 Å². The van der Waals surface area contributed by atoms with E-state index in [0.717, 1.165) is 41.7 Å². The fourth-order valence-corrected chi connectivity index (χ4v) is 5.59. The topological polar surface area (TPSA) is 82.4 Å². The number of H-pyrrole nitrogens is 1. The van der Waals surface area contributed by atoms with Crippen LogP contribution in [0.5, 0.6) is 0 Å². The highest BCUT2D eigenvalue weighted by Gasteiger charge is 2.23. The molecule has 0 saturated carbocycles. The van der Waals surface area contributed by atoms with Gasteiger partial charge in [0.2, 0.25) is 0 Å². The van der Waals surface area contributed by atoms with Gasteiger partial charge in [-0.25, -0.2) is 4.98 Å². The van der Waals surface area contributed by atoms with Crippen LogP contribution >= 0.6 is 11.3 Å². The molecule has 1 aliphatic rings. The smallest absolute Gasteiger partial charge is 0.259 e. The van der Waals surface area contributed by atoms with E-state index in [9.17, 15) is 9.90 Å². The molecular weight excluding hydrogens is 398 g/mol. The zero-order chi connectivity index (χ0) is 21.1. The fraction of sp³-hybridized carbons (Fsp3) is 0.478. The SMILES string of the molecule is C=CCCC(O)CN(Cc1nc2sc3c(c2c(=O)[nH]1)CCC(C)C3)Cc1ccco1. The Kier molecular flexibility index (Phi) is 6.51. The molecule has 0 spiro atoms. The van der Waals surface area contributed by atoms with Gasteiger partial charge >= 0.3 is 0 Å². The van der Waals surface area contributed by atoms with E-state index in [4.69, 9.17) is 9.40 Å². The van der Waals surface area contributed by atoms with Crippen LogP contribution in [0, 0.1) is 5.92 Å². The van der Waals surface area contributed by atoms with Crippen molar-refractivity contribution < 1.29 is 9.52 Å². The molecule has 160 valence electrons. The second-order valence-corrected chi connectivity index (χ2v) is 9.40. The minimum absolute atomic E-state index is 0.0489. The third kappa shape index (κ3) is 4.74. The summed E-state index contributed by atoms with van der Waals surface area (Å²) in [4.78, 5) is 24.9. The van der Waals surface area contributed by atoms with E-state index in [2.05, 4.69) is 23.4 Å². The Labute approximate surface area is 180 Å². The van der Waals surface area contributed by atoms with E-state index >= 15 is 0 Å². The van der Waals surface area contributed by atoms with Crippen molar-refractivity contribution in [2.45, 2.75) is 58.2 Å². The molecule has 3 aromatic rings. The number of aromatic amines is 1. The van der Waals surface area contributed by atoms with E-state index in [0.29, 0.717) is 37.8 Å². The number of allylic oxidation sites excluding steroid dienone is 1. The van der Waals surface area contributed by atoms with Gasteiger partial charge in [-0.1, -0.05) is 13.0 Å². The van der Waals surface area contributed by atoms with Gasteiger partial charge in [0, 0.05) is 11.4 Å². The first-order valence-corrected chi connectivity index (χ1v) is 11.4. The number of aromatic nitrogens is 2. The van der Waals surface area contributed by atoms with Gasteiger partial charge in [0.25, 0.3) is 5.56 Å². The third-order valence-corrected chi connectivity index (χ3v) is 6.87. The van der Waals surface area contributed by atoms with E-state index in [1.54, 1.807) is 17.6 Å². The van der Waals surface area contributed by atoms with E-state index in [1.807, 2.05) is 18.2 Å². The summed E-state index contributed by atoms with van der Waals surface area (Å²) in [5.41, 5.74) is 1.15. The van der Waals surface area contributed by atoms with Crippen LogP contribution in [0.15, 0.2) is 40.3 Å². The standard InChI is InChI=1S/C23H29N3O3S/c1-3-4-6-16(27)12-26(13-17-7-5-10-29-17)14-20-24-22(28)21-18-9-8-15(2)11-19(18)30-23(21)25-20/h3,5,7,10,15-16,27H,1,4,6,8-9,11-14H2,2H3,(H,24,25,28). The minimum atomic E-state index is -0.482.